The summed E-state index contributed by atoms with van der Waals surface area (Å²) in [5.74, 6) is 0.685. The highest BCUT2D eigenvalue weighted by molar-refractivity contribution is 5.22. The summed E-state index contributed by atoms with van der Waals surface area (Å²) >= 11 is 0. The summed E-state index contributed by atoms with van der Waals surface area (Å²) in [6.45, 7) is 2.68. The van der Waals surface area contributed by atoms with Gasteiger partial charge in [-0.3, -0.25) is 5.73 Å². The van der Waals surface area contributed by atoms with Crippen LogP contribution in [0.4, 0.5) is 5.82 Å². The zero-order valence-electron chi connectivity index (χ0n) is 6.62. The first kappa shape index (κ1) is 8.01. The second kappa shape index (κ2) is 3.34. The van der Waals surface area contributed by atoms with Gasteiger partial charge in [-0.05, 0) is 18.6 Å². The van der Waals surface area contributed by atoms with Crippen LogP contribution in [0.3, 0.4) is 0 Å². The molecule has 3 N–H and O–H groups in total. The van der Waals surface area contributed by atoms with Crippen LogP contribution in [-0.2, 0) is 6.54 Å². The maximum atomic E-state index is 8.66. The average Bonchev–Trinajstić information content (AvgIpc) is 1.98. The first-order chi connectivity index (χ1) is 5.24. The number of nitrogens with two attached hydrogens (primary N) is 1. The number of nitrogens with zero attached hydrogens (tertiary/aromatic N) is 1. The van der Waals surface area contributed by atoms with Gasteiger partial charge < -0.3 is 5.11 Å². The van der Waals surface area contributed by atoms with Crippen molar-refractivity contribution in [1.29, 1.82) is 0 Å². The van der Waals surface area contributed by atoms with E-state index in [2.05, 4.69) is 0 Å². The number of aliphatic hydroxyl groups excluding tert-OH is 1. The van der Waals surface area contributed by atoms with Crippen molar-refractivity contribution in [2.75, 3.05) is 12.3 Å². The van der Waals surface area contributed by atoms with Gasteiger partial charge in [0.05, 0.1) is 12.8 Å². The van der Waals surface area contributed by atoms with Crippen LogP contribution in [0.25, 0.3) is 0 Å². The predicted octanol–water partition coefficient (Wildman–Crippen LogP) is -0.143. The number of nitrogen functional groups attached to an aromatic ring is 1. The van der Waals surface area contributed by atoms with Crippen LogP contribution in [0.2, 0.25) is 0 Å². The molecule has 0 aliphatic heterocycles. The van der Waals surface area contributed by atoms with E-state index in [0.29, 0.717) is 12.4 Å². The number of aromatic nitrogens is 1. The van der Waals surface area contributed by atoms with Crippen LogP contribution < -0.4 is 10.3 Å². The summed E-state index contributed by atoms with van der Waals surface area (Å²) in [6.07, 6.45) is 1.92. The minimum Gasteiger partial charge on any atom is -0.392 e. The minimum atomic E-state index is 0.123. The second-order valence-electron chi connectivity index (χ2n) is 2.55. The quantitative estimate of drug-likeness (QED) is 0.581. The van der Waals surface area contributed by atoms with Crippen molar-refractivity contribution in [3.63, 3.8) is 0 Å². The topological polar surface area (TPSA) is 50.1 Å². The molecule has 3 heteroatoms. The Balaban J connectivity index is 2.93. The maximum Gasteiger partial charge on any atom is 0.272 e. The van der Waals surface area contributed by atoms with Crippen molar-refractivity contribution in [3.8, 4) is 0 Å². The van der Waals surface area contributed by atoms with Crippen LogP contribution >= 0.6 is 0 Å². The van der Waals surface area contributed by atoms with E-state index in [0.717, 1.165) is 5.56 Å². The Kier molecular flexibility index (Phi) is 2.44. The van der Waals surface area contributed by atoms with Crippen LogP contribution in [0.5, 0.6) is 0 Å². The van der Waals surface area contributed by atoms with E-state index in [9.17, 15) is 0 Å². The van der Waals surface area contributed by atoms with E-state index < -0.39 is 0 Å². The van der Waals surface area contributed by atoms with Gasteiger partial charge in [0.2, 0.25) is 0 Å². The Hall–Kier alpha value is -1.09. The van der Waals surface area contributed by atoms with E-state index >= 15 is 0 Å². The zero-order chi connectivity index (χ0) is 8.27. The Bertz CT molecular complexity index is 248. The van der Waals surface area contributed by atoms with Crippen LogP contribution in [0.15, 0.2) is 18.3 Å². The third-order valence-electron chi connectivity index (χ3n) is 1.55. The van der Waals surface area contributed by atoms with E-state index in [-0.39, 0.29) is 6.61 Å². The van der Waals surface area contributed by atoms with Gasteiger partial charge in [-0.25, -0.2) is 4.57 Å². The standard InChI is InChI=1S/C8H12N2O/c1-7-2-3-8(9)10(6-7)4-5-11/h2-3,6,9,11H,4-5H2,1H3/p+1. The Morgan fingerprint density at radius 1 is 1.55 bits per heavy atom. The highest BCUT2D eigenvalue weighted by atomic mass is 16.3. The fourth-order valence-electron chi connectivity index (χ4n) is 0.977. The smallest absolute Gasteiger partial charge is 0.272 e. The molecule has 60 valence electrons. The molecule has 0 amide bonds. The molecule has 0 fully saturated rings. The van der Waals surface area contributed by atoms with Crippen LogP contribution in [-0.4, -0.2) is 11.7 Å². The second-order valence-corrected chi connectivity index (χ2v) is 2.55. The van der Waals surface area contributed by atoms with E-state index in [1.165, 1.54) is 0 Å². The lowest BCUT2D eigenvalue weighted by molar-refractivity contribution is -0.684. The lowest BCUT2D eigenvalue weighted by Crippen LogP contribution is -2.38. The van der Waals surface area contributed by atoms with Gasteiger partial charge in [0.25, 0.3) is 5.82 Å². The van der Waals surface area contributed by atoms with Crippen molar-refractivity contribution in [1.82, 2.24) is 0 Å². The predicted molar refractivity (Wildman–Crippen MR) is 42.9 cm³/mol. The molecule has 1 rings (SSSR count). The third kappa shape index (κ3) is 1.91. The Morgan fingerprint density at radius 3 is 2.91 bits per heavy atom. The van der Waals surface area contributed by atoms with Gasteiger partial charge >= 0.3 is 0 Å². The minimum absolute atomic E-state index is 0.123. The molecule has 0 aliphatic rings. The summed E-state index contributed by atoms with van der Waals surface area (Å²) in [7, 11) is 0. The van der Waals surface area contributed by atoms with Crippen molar-refractivity contribution in [2.24, 2.45) is 0 Å². The summed E-state index contributed by atoms with van der Waals surface area (Å²) in [6, 6.07) is 3.79. The molecule has 3 nitrogen and oxygen atoms in total. The number of pyridine rings is 1. The van der Waals surface area contributed by atoms with Crippen molar-refractivity contribution >= 4 is 5.82 Å². The lowest BCUT2D eigenvalue weighted by Gasteiger charge is -2.00. The van der Waals surface area contributed by atoms with Gasteiger partial charge in [-0.1, -0.05) is 0 Å². The molecule has 0 aliphatic carbocycles. The molecule has 0 saturated heterocycles. The highest BCUT2D eigenvalue weighted by Crippen LogP contribution is 1.96. The number of hydrogen-bond acceptors (Lipinski definition) is 2. The number of aliphatic hydroxyl groups is 1. The monoisotopic (exact) mass is 153 g/mol. The zero-order valence-corrected chi connectivity index (χ0v) is 6.62. The van der Waals surface area contributed by atoms with E-state index in [1.54, 1.807) is 0 Å². The van der Waals surface area contributed by atoms with Gasteiger partial charge in [0.15, 0.2) is 0 Å². The number of hydrogen-bond donors (Lipinski definition) is 2. The molecular weight excluding hydrogens is 140 g/mol. The largest absolute Gasteiger partial charge is 0.392 e. The molecule has 0 unspecified atom stereocenters. The fourth-order valence-corrected chi connectivity index (χ4v) is 0.977. The first-order valence-electron chi connectivity index (χ1n) is 3.60. The van der Waals surface area contributed by atoms with Crippen LogP contribution in [0.1, 0.15) is 5.56 Å². The molecule has 0 aromatic carbocycles. The normalized spacial score (nSPS) is 10.0. The molecule has 1 heterocycles. The molecule has 0 radical (unpaired) electrons. The Morgan fingerprint density at radius 2 is 2.27 bits per heavy atom. The van der Waals surface area contributed by atoms with Crippen molar-refractivity contribution < 1.29 is 9.67 Å². The third-order valence-corrected chi connectivity index (χ3v) is 1.55. The molecular formula is C8H13N2O+. The summed E-state index contributed by atoms with van der Waals surface area (Å²) in [5.41, 5.74) is 6.77. The molecule has 0 saturated carbocycles. The maximum absolute atomic E-state index is 8.66. The number of anilines is 1. The Labute approximate surface area is 66.1 Å². The van der Waals surface area contributed by atoms with Crippen molar-refractivity contribution in [2.45, 2.75) is 13.5 Å². The molecule has 0 atom stereocenters. The fraction of sp³-hybridized carbons (Fsp3) is 0.375. The summed E-state index contributed by atoms with van der Waals surface area (Å²) < 4.78 is 1.83. The lowest BCUT2D eigenvalue weighted by atomic mass is 10.3. The van der Waals surface area contributed by atoms with Crippen LogP contribution in [0, 0.1) is 6.92 Å². The molecule has 0 bridgehead atoms. The number of rotatable bonds is 2. The van der Waals surface area contributed by atoms with Gasteiger partial charge in [-0.15, -0.1) is 0 Å². The molecule has 11 heavy (non-hydrogen) atoms. The molecule has 0 spiro atoms. The van der Waals surface area contributed by atoms with E-state index in [1.807, 2.05) is 29.8 Å². The first-order valence-corrected chi connectivity index (χ1v) is 3.60. The number of aryl methyl sites for hydroxylation is 1. The van der Waals surface area contributed by atoms with Gasteiger partial charge in [-0.2, -0.15) is 0 Å². The van der Waals surface area contributed by atoms with Gasteiger partial charge in [0.1, 0.15) is 6.54 Å². The summed E-state index contributed by atoms with van der Waals surface area (Å²) in [5, 5.41) is 8.66. The van der Waals surface area contributed by atoms with Crippen molar-refractivity contribution in [3.05, 3.63) is 23.9 Å². The average molecular weight is 153 g/mol. The highest BCUT2D eigenvalue weighted by Gasteiger charge is 2.01. The molecule has 1 aromatic heterocycles. The molecule has 1 aromatic rings. The van der Waals surface area contributed by atoms with Gasteiger partial charge in [0, 0.05) is 6.07 Å². The summed E-state index contributed by atoms with van der Waals surface area (Å²) in [4.78, 5) is 0. The van der Waals surface area contributed by atoms with E-state index in [4.69, 9.17) is 10.8 Å². The SMILES string of the molecule is Cc1ccc(N)[n+](CCO)c1.